The number of nitrogens with one attached hydrogen (secondary N) is 1. The van der Waals surface area contributed by atoms with Crippen LogP contribution in [-0.4, -0.2) is 24.5 Å². The number of rotatable bonds is 11. The molecule has 0 saturated carbocycles. The standard InChI is InChI=1S/C22H29F2NO3/c1-4-5-11-28-22(27)20(14-17-12-18(23)15-19(24)13-17)25-21(26)10-8-6-7-9-16(2)3/h4-5,8,10,12-13,15-16,20H,6-7,9,11,14H2,1-3H3,(H,25,26)/b5-4+,10-8+. The van der Waals surface area contributed by atoms with Gasteiger partial charge in [-0.25, -0.2) is 13.6 Å². The molecular formula is C22H29F2NO3. The molecule has 0 aromatic heterocycles. The highest BCUT2D eigenvalue weighted by molar-refractivity contribution is 5.91. The fraction of sp³-hybridized carbons (Fsp3) is 0.455. The van der Waals surface area contributed by atoms with Gasteiger partial charge in [-0.1, -0.05) is 38.5 Å². The first kappa shape index (κ1) is 23.5. The summed E-state index contributed by atoms with van der Waals surface area (Å²) in [5.41, 5.74) is 0.256. The number of benzene rings is 1. The summed E-state index contributed by atoms with van der Waals surface area (Å²) in [6, 6.07) is 1.97. The van der Waals surface area contributed by atoms with Crippen LogP contribution in [-0.2, 0) is 20.7 Å². The number of carbonyl (C=O) groups is 2. The van der Waals surface area contributed by atoms with E-state index in [1.165, 1.54) is 6.08 Å². The first-order valence-corrected chi connectivity index (χ1v) is 9.51. The number of carbonyl (C=O) groups excluding carboxylic acids is 2. The van der Waals surface area contributed by atoms with Crippen LogP contribution in [0.15, 0.2) is 42.5 Å². The number of halogens is 2. The van der Waals surface area contributed by atoms with Gasteiger partial charge >= 0.3 is 5.97 Å². The van der Waals surface area contributed by atoms with Crippen molar-refractivity contribution in [2.24, 2.45) is 5.92 Å². The molecule has 1 atom stereocenters. The maximum Gasteiger partial charge on any atom is 0.329 e. The second-order valence-electron chi connectivity index (χ2n) is 6.97. The highest BCUT2D eigenvalue weighted by Crippen LogP contribution is 2.11. The van der Waals surface area contributed by atoms with E-state index in [0.717, 1.165) is 37.5 Å². The average molecular weight is 393 g/mol. The number of esters is 1. The molecule has 1 aromatic carbocycles. The van der Waals surface area contributed by atoms with Gasteiger partial charge in [-0.05, 0) is 49.5 Å². The van der Waals surface area contributed by atoms with Crippen molar-refractivity contribution >= 4 is 11.9 Å². The van der Waals surface area contributed by atoms with Crippen LogP contribution < -0.4 is 5.32 Å². The lowest BCUT2D eigenvalue weighted by molar-refractivity contribution is -0.146. The van der Waals surface area contributed by atoms with Crippen LogP contribution in [0.25, 0.3) is 0 Å². The molecule has 6 heteroatoms. The van der Waals surface area contributed by atoms with Crippen molar-refractivity contribution in [2.75, 3.05) is 6.61 Å². The molecule has 154 valence electrons. The van der Waals surface area contributed by atoms with E-state index in [1.54, 1.807) is 25.2 Å². The van der Waals surface area contributed by atoms with Crippen LogP contribution in [0.3, 0.4) is 0 Å². The lowest BCUT2D eigenvalue weighted by atomic mass is 10.1. The minimum atomic E-state index is -1.04. The van der Waals surface area contributed by atoms with E-state index in [-0.39, 0.29) is 18.6 Å². The van der Waals surface area contributed by atoms with E-state index in [4.69, 9.17) is 4.74 Å². The Balaban J connectivity index is 2.75. The Kier molecular flexibility index (Phi) is 10.8. The topological polar surface area (TPSA) is 55.4 Å². The maximum atomic E-state index is 13.4. The van der Waals surface area contributed by atoms with E-state index in [0.29, 0.717) is 5.92 Å². The van der Waals surface area contributed by atoms with Crippen molar-refractivity contribution in [3.63, 3.8) is 0 Å². The molecule has 0 bridgehead atoms. The molecular weight excluding hydrogens is 364 g/mol. The van der Waals surface area contributed by atoms with E-state index in [9.17, 15) is 18.4 Å². The average Bonchev–Trinajstić information content (AvgIpc) is 2.59. The predicted octanol–water partition coefficient (Wildman–Crippen LogP) is 4.49. The third-order valence-corrected chi connectivity index (χ3v) is 3.94. The first-order chi connectivity index (χ1) is 13.3. The van der Waals surface area contributed by atoms with Gasteiger partial charge in [-0.15, -0.1) is 0 Å². The Morgan fingerprint density at radius 3 is 2.43 bits per heavy atom. The van der Waals surface area contributed by atoms with Gasteiger partial charge in [0.1, 0.15) is 24.3 Å². The zero-order valence-corrected chi connectivity index (χ0v) is 16.7. The quantitative estimate of drug-likeness (QED) is 0.261. The van der Waals surface area contributed by atoms with E-state index in [1.807, 2.05) is 0 Å². The molecule has 28 heavy (non-hydrogen) atoms. The second kappa shape index (κ2) is 12.8. The molecule has 0 saturated heterocycles. The molecule has 0 fully saturated rings. The summed E-state index contributed by atoms with van der Waals surface area (Å²) < 4.78 is 31.9. The van der Waals surface area contributed by atoms with Gasteiger partial charge in [0.2, 0.25) is 5.91 Å². The molecule has 0 heterocycles. The molecule has 1 aromatic rings. The smallest absolute Gasteiger partial charge is 0.329 e. The van der Waals surface area contributed by atoms with Crippen molar-refractivity contribution in [3.05, 3.63) is 59.7 Å². The Bertz CT molecular complexity index is 679. The Morgan fingerprint density at radius 2 is 1.82 bits per heavy atom. The highest BCUT2D eigenvalue weighted by atomic mass is 19.1. The summed E-state index contributed by atoms with van der Waals surface area (Å²) >= 11 is 0. The second-order valence-corrected chi connectivity index (χ2v) is 6.97. The van der Waals surface area contributed by atoms with Crippen LogP contribution in [0.2, 0.25) is 0 Å². The number of amides is 1. The summed E-state index contributed by atoms with van der Waals surface area (Å²) in [4.78, 5) is 24.4. The number of ether oxygens (including phenoxy) is 1. The largest absolute Gasteiger partial charge is 0.460 e. The Hall–Kier alpha value is -2.50. The molecule has 1 rings (SSSR count). The van der Waals surface area contributed by atoms with Crippen molar-refractivity contribution in [3.8, 4) is 0 Å². The Labute approximate surface area is 165 Å². The number of unbranched alkanes of at least 4 members (excludes halogenated alkanes) is 1. The summed E-state index contributed by atoms with van der Waals surface area (Å²) in [7, 11) is 0. The molecule has 0 aliphatic rings. The lowest BCUT2D eigenvalue weighted by Crippen LogP contribution is -2.42. The van der Waals surface area contributed by atoms with Crippen molar-refractivity contribution in [1.82, 2.24) is 5.32 Å². The minimum absolute atomic E-state index is 0.0598. The summed E-state index contributed by atoms with van der Waals surface area (Å²) in [5.74, 6) is -2.00. The van der Waals surface area contributed by atoms with Crippen LogP contribution in [0.1, 0.15) is 45.6 Å². The van der Waals surface area contributed by atoms with Crippen LogP contribution >= 0.6 is 0 Å². The van der Waals surface area contributed by atoms with Crippen LogP contribution in [0.4, 0.5) is 8.78 Å². The fourth-order valence-corrected chi connectivity index (χ4v) is 2.54. The molecule has 4 nitrogen and oxygen atoms in total. The van der Waals surface area contributed by atoms with Gasteiger partial charge in [0, 0.05) is 12.5 Å². The Morgan fingerprint density at radius 1 is 1.14 bits per heavy atom. The lowest BCUT2D eigenvalue weighted by Gasteiger charge is -2.17. The van der Waals surface area contributed by atoms with E-state index < -0.39 is 29.6 Å². The highest BCUT2D eigenvalue weighted by Gasteiger charge is 2.22. The molecule has 0 spiro atoms. The van der Waals surface area contributed by atoms with Crippen LogP contribution in [0.5, 0.6) is 0 Å². The summed E-state index contributed by atoms with van der Waals surface area (Å²) in [6.45, 7) is 6.11. The molecule has 0 aliphatic heterocycles. The SMILES string of the molecule is C/C=C/COC(=O)C(Cc1cc(F)cc(F)c1)NC(=O)/C=C/CCCC(C)C. The van der Waals surface area contributed by atoms with Gasteiger partial charge in [0.05, 0.1) is 0 Å². The minimum Gasteiger partial charge on any atom is -0.460 e. The van der Waals surface area contributed by atoms with Gasteiger partial charge < -0.3 is 10.1 Å². The van der Waals surface area contributed by atoms with E-state index >= 15 is 0 Å². The molecule has 1 N–H and O–H groups in total. The third-order valence-electron chi connectivity index (χ3n) is 3.94. The van der Waals surface area contributed by atoms with E-state index in [2.05, 4.69) is 19.2 Å². The molecule has 0 aliphatic carbocycles. The maximum absolute atomic E-state index is 13.4. The van der Waals surface area contributed by atoms with Crippen molar-refractivity contribution in [2.45, 2.75) is 52.5 Å². The molecule has 0 radical (unpaired) electrons. The van der Waals surface area contributed by atoms with Gasteiger partial charge in [-0.3, -0.25) is 4.79 Å². The zero-order valence-electron chi connectivity index (χ0n) is 16.7. The normalized spacial score (nSPS) is 12.6. The number of hydrogen-bond donors (Lipinski definition) is 1. The number of allylic oxidation sites excluding steroid dienone is 2. The fourth-order valence-electron chi connectivity index (χ4n) is 2.54. The van der Waals surface area contributed by atoms with Gasteiger partial charge in [0.15, 0.2) is 0 Å². The first-order valence-electron chi connectivity index (χ1n) is 9.51. The molecule has 1 amide bonds. The monoisotopic (exact) mass is 393 g/mol. The third kappa shape index (κ3) is 10.00. The van der Waals surface area contributed by atoms with Gasteiger partial charge in [0.25, 0.3) is 0 Å². The zero-order chi connectivity index (χ0) is 20.9. The summed E-state index contributed by atoms with van der Waals surface area (Å²) in [6.07, 6.45) is 9.22. The predicted molar refractivity (Wildman–Crippen MR) is 106 cm³/mol. The molecule has 1 unspecified atom stereocenters. The van der Waals surface area contributed by atoms with Gasteiger partial charge in [-0.2, -0.15) is 0 Å². The van der Waals surface area contributed by atoms with Crippen molar-refractivity contribution < 1.29 is 23.1 Å². The summed E-state index contributed by atoms with van der Waals surface area (Å²) in [5, 5.41) is 2.56. The number of hydrogen-bond acceptors (Lipinski definition) is 3. The van der Waals surface area contributed by atoms with Crippen LogP contribution in [0, 0.1) is 17.6 Å². The van der Waals surface area contributed by atoms with Crippen molar-refractivity contribution in [1.29, 1.82) is 0 Å².